The van der Waals surface area contributed by atoms with Crippen LogP contribution in [0.15, 0.2) is 12.7 Å². The summed E-state index contributed by atoms with van der Waals surface area (Å²) in [6.07, 6.45) is 3.73. The normalized spacial score (nSPS) is 16.3. The molecule has 4 heteroatoms. The average molecular weight is 233 g/mol. The minimum absolute atomic E-state index is 0.145. The molecule has 0 aromatic rings. The molecule has 0 aromatic carbocycles. The number of rotatable bonds is 7. The Balaban J connectivity index is 4.25. The Morgan fingerprint density at radius 3 is 2.33 bits per heavy atom. The number of sulfone groups is 1. The van der Waals surface area contributed by atoms with Gasteiger partial charge in [0.05, 0.1) is 5.75 Å². The molecule has 0 aromatic heterocycles. The topological polar surface area (TPSA) is 46.2 Å². The molecule has 0 fully saturated rings. The molecule has 0 rings (SSSR count). The molecule has 0 saturated heterocycles. The van der Waals surface area contributed by atoms with Gasteiger partial charge in [0.15, 0.2) is 0 Å². The zero-order valence-electron chi connectivity index (χ0n) is 10.2. The molecule has 0 aliphatic carbocycles. The molecule has 0 bridgehead atoms. The van der Waals surface area contributed by atoms with E-state index in [4.69, 9.17) is 0 Å². The summed E-state index contributed by atoms with van der Waals surface area (Å²) in [6, 6.07) is 0.405. The summed E-state index contributed by atoms with van der Waals surface area (Å²) in [5, 5.41) is 3.31. The maximum atomic E-state index is 11.1. The Kier molecular flexibility index (Phi) is 5.53. The van der Waals surface area contributed by atoms with Gasteiger partial charge >= 0.3 is 0 Å². The lowest BCUT2D eigenvalue weighted by molar-refractivity contribution is 0.364. The van der Waals surface area contributed by atoms with Crippen molar-refractivity contribution in [2.75, 3.05) is 18.6 Å². The quantitative estimate of drug-likeness (QED) is 0.680. The summed E-state index contributed by atoms with van der Waals surface area (Å²) in [4.78, 5) is 0. The Hall–Kier alpha value is -0.350. The van der Waals surface area contributed by atoms with E-state index in [0.717, 1.165) is 6.54 Å². The van der Waals surface area contributed by atoms with E-state index in [0.29, 0.717) is 12.5 Å². The first kappa shape index (κ1) is 14.6. The van der Waals surface area contributed by atoms with Gasteiger partial charge < -0.3 is 5.32 Å². The predicted molar refractivity (Wildman–Crippen MR) is 65.8 cm³/mol. The van der Waals surface area contributed by atoms with Gasteiger partial charge in [-0.05, 0) is 11.8 Å². The Bertz CT molecular complexity index is 296. The Labute approximate surface area is 93.9 Å². The van der Waals surface area contributed by atoms with Crippen molar-refractivity contribution in [1.29, 1.82) is 0 Å². The smallest absolute Gasteiger partial charge is 0.147 e. The lowest BCUT2D eigenvalue weighted by Crippen LogP contribution is -2.35. The molecule has 15 heavy (non-hydrogen) atoms. The van der Waals surface area contributed by atoms with E-state index >= 15 is 0 Å². The molecular weight excluding hydrogens is 210 g/mol. The number of nitrogens with one attached hydrogen (secondary N) is 1. The van der Waals surface area contributed by atoms with Crippen LogP contribution in [0.3, 0.4) is 0 Å². The lowest BCUT2D eigenvalue weighted by Gasteiger charge is -2.27. The fourth-order valence-electron chi connectivity index (χ4n) is 1.12. The molecule has 0 saturated carbocycles. The van der Waals surface area contributed by atoms with Crippen LogP contribution in [-0.4, -0.2) is 33.0 Å². The van der Waals surface area contributed by atoms with Crippen LogP contribution in [0, 0.1) is 5.41 Å². The van der Waals surface area contributed by atoms with Gasteiger partial charge in [-0.25, -0.2) is 8.42 Å². The molecule has 0 radical (unpaired) electrons. The van der Waals surface area contributed by atoms with Crippen LogP contribution >= 0.6 is 0 Å². The molecule has 1 N–H and O–H groups in total. The summed E-state index contributed by atoms with van der Waals surface area (Å²) >= 11 is 0. The molecule has 0 spiro atoms. The second-order valence-electron chi connectivity index (χ2n) is 4.77. The van der Waals surface area contributed by atoms with Crippen LogP contribution in [0.2, 0.25) is 0 Å². The van der Waals surface area contributed by atoms with Crippen molar-refractivity contribution in [1.82, 2.24) is 5.32 Å². The fourth-order valence-corrected chi connectivity index (χ4v) is 1.96. The fraction of sp³-hybridized carbons (Fsp3) is 0.818. The van der Waals surface area contributed by atoms with Gasteiger partial charge in [-0.1, -0.05) is 26.8 Å². The van der Waals surface area contributed by atoms with Gasteiger partial charge in [-0.3, -0.25) is 0 Å². The second-order valence-corrected chi connectivity index (χ2v) is 7.03. The minimum Gasteiger partial charge on any atom is -0.314 e. The van der Waals surface area contributed by atoms with Crippen LogP contribution in [0.1, 0.15) is 27.2 Å². The number of hydrogen-bond donors (Lipinski definition) is 1. The van der Waals surface area contributed by atoms with Crippen LogP contribution in [0.4, 0.5) is 0 Å². The molecule has 0 amide bonds. The van der Waals surface area contributed by atoms with Crippen LogP contribution in [0.5, 0.6) is 0 Å². The van der Waals surface area contributed by atoms with Crippen molar-refractivity contribution in [3.8, 4) is 0 Å². The average Bonchev–Trinajstić information content (AvgIpc) is 2.10. The second kappa shape index (κ2) is 5.66. The zero-order chi connectivity index (χ0) is 12.1. The van der Waals surface area contributed by atoms with Crippen LogP contribution < -0.4 is 5.32 Å². The van der Waals surface area contributed by atoms with Gasteiger partial charge in [-0.2, -0.15) is 0 Å². The standard InChI is InChI=1S/C11H23NO2S/c1-6-11(4,9-12-10(2)3)7-8-15(5,13)14/h6,10,12H,1,7-9H2,2-5H3. The molecular formula is C11H23NO2S. The van der Waals surface area contributed by atoms with E-state index in [1.54, 1.807) is 0 Å². The molecule has 1 atom stereocenters. The third kappa shape index (κ3) is 7.56. The van der Waals surface area contributed by atoms with Gasteiger partial charge in [-0.15, -0.1) is 6.58 Å². The van der Waals surface area contributed by atoms with E-state index in [-0.39, 0.29) is 11.2 Å². The Morgan fingerprint density at radius 1 is 1.47 bits per heavy atom. The van der Waals surface area contributed by atoms with Gasteiger partial charge in [0.1, 0.15) is 9.84 Å². The van der Waals surface area contributed by atoms with E-state index in [1.165, 1.54) is 6.26 Å². The van der Waals surface area contributed by atoms with E-state index in [9.17, 15) is 8.42 Å². The summed E-state index contributed by atoms with van der Waals surface area (Å²) in [7, 11) is -2.88. The highest BCUT2D eigenvalue weighted by Gasteiger charge is 2.22. The van der Waals surface area contributed by atoms with Crippen LogP contribution in [-0.2, 0) is 9.84 Å². The van der Waals surface area contributed by atoms with Crippen LogP contribution in [0.25, 0.3) is 0 Å². The van der Waals surface area contributed by atoms with Crippen molar-refractivity contribution in [2.24, 2.45) is 5.41 Å². The maximum Gasteiger partial charge on any atom is 0.147 e. The summed E-state index contributed by atoms with van der Waals surface area (Å²) in [5.41, 5.74) is -0.145. The SMILES string of the molecule is C=CC(C)(CCS(C)(=O)=O)CNC(C)C. The molecule has 0 heterocycles. The van der Waals surface area contributed by atoms with E-state index in [2.05, 4.69) is 25.7 Å². The highest BCUT2D eigenvalue weighted by molar-refractivity contribution is 7.90. The largest absolute Gasteiger partial charge is 0.314 e. The number of hydrogen-bond acceptors (Lipinski definition) is 3. The molecule has 90 valence electrons. The summed E-state index contributed by atoms with van der Waals surface area (Å²) in [5.74, 6) is 0.218. The third-order valence-electron chi connectivity index (χ3n) is 2.45. The molecule has 3 nitrogen and oxygen atoms in total. The monoisotopic (exact) mass is 233 g/mol. The first-order valence-corrected chi connectivity index (χ1v) is 7.29. The maximum absolute atomic E-state index is 11.1. The first-order valence-electron chi connectivity index (χ1n) is 5.23. The van der Waals surface area contributed by atoms with Gasteiger partial charge in [0.25, 0.3) is 0 Å². The van der Waals surface area contributed by atoms with Crippen molar-refractivity contribution in [2.45, 2.75) is 33.2 Å². The predicted octanol–water partition coefficient (Wildman–Crippen LogP) is 1.61. The first-order chi connectivity index (χ1) is 6.68. The van der Waals surface area contributed by atoms with Crippen molar-refractivity contribution < 1.29 is 8.42 Å². The summed E-state index contributed by atoms with van der Waals surface area (Å²) in [6.45, 7) is 10.7. The third-order valence-corrected chi connectivity index (χ3v) is 3.40. The lowest BCUT2D eigenvalue weighted by atomic mass is 9.87. The van der Waals surface area contributed by atoms with Crippen molar-refractivity contribution >= 4 is 9.84 Å². The molecule has 0 aliphatic rings. The highest BCUT2D eigenvalue weighted by Crippen LogP contribution is 2.22. The molecule has 0 aliphatic heterocycles. The van der Waals surface area contributed by atoms with Crippen molar-refractivity contribution in [3.63, 3.8) is 0 Å². The van der Waals surface area contributed by atoms with Gasteiger partial charge in [0, 0.05) is 18.8 Å². The van der Waals surface area contributed by atoms with E-state index < -0.39 is 9.84 Å². The Morgan fingerprint density at radius 2 is 2.00 bits per heavy atom. The molecule has 1 unspecified atom stereocenters. The van der Waals surface area contributed by atoms with Crippen molar-refractivity contribution in [3.05, 3.63) is 12.7 Å². The zero-order valence-corrected chi connectivity index (χ0v) is 11.0. The summed E-state index contributed by atoms with van der Waals surface area (Å²) < 4.78 is 22.2. The minimum atomic E-state index is -2.88. The van der Waals surface area contributed by atoms with E-state index in [1.807, 2.05) is 13.0 Å². The van der Waals surface area contributed by atoms with Gasteiger partial charge in [0.2, 0.25) is 0 Å². The highest BCUT2D eigenvalue weighted by atomic mass is 32.2.